The average Bonchev–Trinajstić information content (AvgIpc) is 2.89. The number of nitrogens with zero attached hydrogens (tertiary/aromatic N) is 1. The number of hydrogen-bond acceptors (Lipinski definition) is 3. The molecule has 0 aliphatic rings. The first-order chi connectivity index (χ1) is 9.11. The second kappa shape index (κ2) is 6.59. The summed E-state index contributed by atoms with van der Waals surface area (Å²) < 4.78 is 13.9. The molecule has 0 spiro atoms. The van der Waals surface area contributed by atoms with Gasteiger partial charge < -0.3 is 5.32 Å². The monoisotopic (exact) mass is 342 g/mol. The molecule has 2 nitrogen and oxygen atoms in total. The fraction of sp³-hybridized carbons (Fsp3) is 0.357. The van der Waals surface area contributed by atoms with Gasteiger partial charge in [0.15, 0.2) is 0 Å². The smallest absolute Gasteiger partial charge is 0.124 e. The van der Waals surface area contributed by atoms with Crippen LogP contribution in [0.4, 0.5) is 4.39 Å². The summed E-state index contributed by atoms with van der Waals surface area (Å²) in [6.07, 6.45) is 2.79. The van der Waals surface area contributed by atoms with Crippen LogP contribution < -0.4 is 5.32 Å². The first-order valence-corrected chi connectivity index (χ1v) is 7.89. The minimum Gasteiger partial charge on any atom is -0.301 e. The van der Waals surface area contributed by atoms with Crippen molar-refractivity contribution in [1.29, 1.82) is 0 Å². The third-order valence-electron chi connectivity index (χ3n) is 3.04. The van der Waals surface area contributed by atoms with Gasteiger partial charge in [-0.05, 0) is 31.0 Å². The summed E-state index contributed by atoms with van der Waals surface area (Å²) in [4.78, 5) is 4.35. The summed E-state index contributed by atoms with van der Waals surface area (Å²) in [6, 6.07) is 5.15. The van der Waals surface area contributed by atoms with Gasteiger partial charge in [0.25, 0.3) is 0 Å². The molecule has 1 heterocycles. The van der Waals surface area contributed by atoms with Crippen LogP contribution in [0.1, 0.15) is 42.9 Å². The number of hydrogen-bond donors (Lipinski definition) is 1. The second-order valence-electron chi connectivity index (χ2n) is 4.39. The quantitative estimate of drug-likeness (QED) is 0.840. The van der Waals surface area contributed by atoms with Gasteiger partial charge in [0.2, 0.25) is 0 Å². The highest BCUT2D eigenvalue weighted by atomic mass is 79.9. The Balaban J connectivity index is 2.13. The molecular weight excluding hydrogens is 327 g/mol. The van der Waals surface area contributed by atoms with E-state index in [0.29, 0.717) is 0 Å². The maximum atomic E-state index is 13.1. The molecule has 2 aromatic rings. The Hall–Kier alpha value is -0.780. The highest BCUT2D eigenvalue weighted by Gasteiger charge is 2.17. The lowest BCUT2D eigenvalue weighted by molar-refractivity contribution is 0.453. The van der Waals surface area contributed by atoms with Crippen LogP contribution in [0.15, 0.2) is 34.2 Å². The number of halogens is 2. The number of rotatable bonds is 5. The van der Waals surface area contributed by atoms with Crippen molar-refractivity contribution in [3.8, 4) is 0 Å². The van der Waals surface area contributed by atoms with E-state index < -0.39 is 0 Å². The SMILES string of the molecule is CCC(NC(C)c1ccc(F)cc1Br)c1nccs1. The number of aromatic nitrogens is 1. The van der Waals surface area contributed by atoms with E-state index in [1.807, 2.05) is 17.6 Å². The van der Waals surface area contributed by atoms with Crippen molar-refractivity contribution in [1.82, 2.24) is 10.3 Å². The molecule has 0 amide bonds. The molecule has 19 heavy (non-hydrogen) atoms. The lowest BCUT2D eigenvalue weighted by atomic mass is 10.1. The van der Waals surface area contributed by atoms with Gasteiger partial charge in [0.05, 0.1) is 6.04 Å². The molecule has 0 bridgehead atoms. The average molecular weight is 343 g/mol. The summed E-state index contributed by atoms with van der Waals surface area (Å²) in [5.74, 6) is -0.227. The van der Waals surface area contributed by atoms with Crippen molar-refractivity contribution in [2.45, 2.75) is 32.4 Å². The number of nitrogens with one attached hydrogen (secondary N) is 1. The molecule has 1 N–H and O–H groups in total. The summed E-state index contributed by atoms with van der Waals surface area (Å²) >= 11 is 5.07. The molecule has 2 atom stereocenters. The number of thiazole rings is 1. The Bertz CT molecular complexity index is 530. The summed E-state index contributed by atoms with van der Waals surface area (Å²) in [5.41, 5.74) is 1.05. The third kappa shape index (κ3) is 3.61. The highest BCUT2D eigenvalue weighted by molar-refractivity contribution is 9.10. The normalized spacial score (nSPS) is 14.3. The number of benzene rings is 1. The minimum absolute atomic E-state index is 0.129. The molecule has 0 saturated heterocycles. The van der Waals surface area contributed by atoms with Crippen LogP contribution >= 0.6 is 27.3 Å². The van der Waals surface area contributed by atoms with Gasteiger partial charge in [-0.15, -0.1) is 11.3 Å². The molecule has 0 radical (unpaired) electrons. The first kappa shape index (κ1) is 14.6. The van der Waals surface area contributed by atoms with Crippen molar-refractivity contribution in [2.24, 2.45) is 0 Å². The third-order valence-corrected chi connectivity index (χ3v) is 4.61. The Morgan fingerprint density at radius 1 is 1.47 bits per heavy atom. The molecule has 0 saturated carbocycles. The van der Waals surface area contributed by atoms with Crippen molar-refractivity contribution < 1.29 is 4.39 Å². The van der Waals surface area contributed by atoms with Crippen LogP contribution in [0, 0.1) is 5.82 Å². The minimum atomic E-state index is -0.227. The van der Waals surface area contributed by atoms with E-state index >= 15 is 0 Å². The Morgan fingerprint density at radius 2 is 2.26 bits per heavy atom. The lowest BCUT2D eigenvalue weighted by Crippen LogP contribution is -2.24. The van der Waals surface area contributed by atoms with Gasteiger partial charge in [-0.2, -0.15) is 0 Å². The van der Waals surface area contributed by atoms with E-state index in [-0.39, 0.29) is 17.9 Å². The molecule has 1 aromatic heterocycles. The van der Waals surface area contributed by atoms with Crippen LogP contribution in [0.5, 0.6) is 0 Å². The molecule has 0 aliphatic carbocycles. The van der Waals surface area contributed by atoms with Crippen molar-refractivity contribution in [3.63, 3.8) is 0 Å². The highest BCUT2D eigenvalue weighted by Crippen LogP contribution is 2.28. The maximum Gasteiger partial charge on any atom is 0.124 e. The predicted octanol–water partition coefficient (Wildman–Crippen LogP) is 4.85. The van der Waals surface area contributed by atoms with Gasteiger partial charge in [-0.25, -0.2) is 9.37 Å². The molecule has 0 fully saturated rings. The lowest BCUT2D eigenvalue weighted by Gasteiger charge is -2.22. The van der Waals surface area contributed by atoms with Gasteiger partial charge in [-0.1, -0.05) is 28.9 Å². The largest absolute Gasteiger partial charge is 0.301 e. The molecule has 1 aromatic carbocycles. The van der Waals surface area contributed by atoms with Gasteiger partial charge in [0.1, 0.15) is 10.8 Å². The van der Waals surface area contributed by atoms with Gasteiger partial charge in [-0.3, -0.25) is 0 Å². The molecular formula is C14H16BrFN2S. The van der Waals surface area contributed by atoms with Crippen molar-refractivity contribution in [3.05, 3.63) is 50.6 Å². The maximum absolute atomic E-state index is 13.1. The van der Waals surface area contributed by atoms with E-state index in [9.17, 15) is 4.39 Å². The van der Waals surface area contributed by atoms with Crippen LogP contribution in [0.2, 0.25) is 0 Å². The van der Waals surface area contributed by atoms with E-state index in [1.54, 1.807) is 11.3 Å². The molecule has 5 heteroatoms. The molecule has 2 unspecified atom stereocenters. The molecule has 0 aliphatic heterocycles. The molecule has 2 rings (SSSR count). The fourth-order valence-corrected chi connectivity index (χ4v) is 3.49. The van der Waals surface area contributed by atoms with Crippen LogP contribution in [0.25, 0.3) is 0 Å². The van der Waals surface area contributed by atoms with Crippen molar-refractivity contribution in [2.75, 3.05) is 0 Å². The Labute approximate surface area is 125 Å². The van der Waals surface area contributed by atoms with Crippen molar-refractivity contribution >= 4 is 27.3 Å². The first-order valence-electron chi connectivity index (χ1n) is 6.22. The second-order valence-corrected chi connectivity index (χ2v) is 6.17. The zero-order chi connectivity index (χ0) is 13.8. The standard InChI is InChI=1S/C14H16BrFN2S/c1-3-13(14-17-6-7-19-14)18-9(2)11-5-4-10(16)8-12(11)15/h4-9,13,18H,3H2,1-2H3. The predicted molar refractivity (Wildman–Crippen MR) is 80.8 cm³/mol. The van der Waals surface area contributed by atoms with Gasteiger partial charge in [0, 0.05) is 22.1 Å². The van der Waals surface area contributed by atoms with E-state index in [2.05, 4.69) is 40.1 Å². The fourth-order valence-electron chi connectivity index (χ4n) is 2.01. The Kier molecular flexibility index (Phi) is 5.07. The topological polar surface area (TPSA) is 24.9 Å². The molecule has 102 valence electrons. The van der Waals surface area contributed by atoms with Crippen LogP contribution in [-0.2, 0) is 0 Å². The van der Waals surface area contributed by atoms with E-state index in [4.69, 9.17) is 0 Å². The van der Waals surface area contributed by atoms with Crippen LogP contribution in [-0.4, -0.2) is 4.98 Å². The Morgan fingerprint density at radius 3 is 2.84 bits per heavy atom. The van der Waals surface area contributed by atoms with E-state index in [1.165, 1.54) is 12.1 Å². The van der Waals surface area contributed by atoms with Gasteiger partial charge >= 0.3 is 0 Å². The summed E-state index contributed by atoms with van der Waals surface area (Å²) in [7, 11) is 0. The van der Waals surface area contributed by atoms with Crippen LogP contribution in [0.3, 0.4) is 0 Å². The zero-order valence-corrected chi connectivity index (χ0v) is 13.3. The zero-order valence-electron chi connectivity index (χ0n) is 10.9. The van der Waals surface area contributed by atoms with E-state index in [0.717, 1.165) is 21.5 Å². The summed E-state index contributed by atoms with van der Waals surface area (Å²) in [5, 5.41) is 6.62. The summed E-state index contributed by atoms with van der Waals surface area (Å²) in [6.45, 7) is 4.21.